The Morgan fingerprint density at radius 2 is 0.735 bits per heavy atom. The van der Waals surface area contributed by atoms with Gasteiger partial charge in [-0.25, -0.2) is 4.79 Å². The van der Waals surface area contributed by atoms with Crippen LogP contribution in [-0.2, 0) is 24.0 Å². The minimum atomic E-state index is -1.33. The lowest BCUT2D eigenvalue weighted by Crippen LogP contribution is -2.58. The molecule has 0 aliphatic carbocycles. The number of hydrogen-bond donors (Lipinski definition) is 14. The Labute approximate surface area is 283 Å². The van der Waals surface area contributed by atoms with Crippen molar-refractivity contribution in [3.63, 3.8) is 0 Å². The molecule has 23 N–H and O–H groups in total. The van der Waals surface area contributed by atoms with Crippen molar-refractivity contribution in [2.45, 2.75) is 75.5 Å². The largest absolute Gasteiger partial charge is 0.480 e. The van der Waals surface area contributed by atoms with Crippen LogP contribution in [0.4, 0.5) is 0 Å². The second kappa shape index (κ2) is 24.5. The average Bonchev–Trinajstić information content (AvgIpc) is 3.01. The molecule has 0 heterocycles. The van der Waals surface area contributed by atoms with Gasteiger partial charge in [0.2, 0.25) is 23.6 Å². The molecule has 4 atom stereocenters. The lowest BCUT2D eigenvalue weighted by molar-refractivity contribution is -0.142. The number of nitrogens with one attached hydrogen (secondary N) is 4. The number of nitrogens with zero attached hydrogens (tertiary/aromatic N) is 4. The molecule has 0 aromatic carbocycles. The molecule has 0 aromatic heterocycles. The number of amides is 4. The van der Waals surface area contributed by atoms with Crippen LogP contribution in [0.3, 0.4) is 0 Å². The molecule has 0 aliphatic heterocycles. The zero-order chi connectivity index (χ0) is 37.4. The number of carboxylic acids is 1. The molecule has 0 radical (unpaired) electrons. The van der Waals surface area contributed by atoms with E-state index in [0.717, 1.165) is 0 Å². The van der Waals surface area contributed by atoms with Gasteiger partial charge in [0.1, 0.15) is 24.2 Å². The summed E-state index contributed by atoms with van der Waals surface area (Å²) in [7, 11) is 0. The molecule has 0 saturated carbocycles. The predicted molar refractivity (Wildman–Crippen MR) is 184 cm³/mol. The number of carbonyl (C=O) groups excluding carboxylic acids is 4. The number of nitrogens with two attached hydrogens (primary N) is 9. The molecule has 0 aromatic rings. The summed E-state index contributed by atoms with van der Waals surface area (Å²) in [6, 6.07) is -4.97. The zero-order valence-electron chi connectivity index (χ0n) is 27.5. The number of hydrogen-bond acceptors (Lipinski definition) is 10. The van der Waals surface area contributed by atoms with E-state index < -0.39 is 60.3 Å². The van der Waals surface area contributed by atoms with E-state index in [9.17, 15) is 29.1 Å². The third-order valence-electron chi connectivity index (χ3n) is 6.50. The van der Waals surface area contributed by atoms with Crippen LogP contribution in [0.25, 0.3) is 0 Å². The Balaban J connectivity index is 6.13. The molecule has 0 unspecified atom stereocenters. The van der Waals surface area contributed by atoms with Crippen LogP contribution < -0.4 is 72.9 Å². The highest BCUT2D eigenvalue weighted by atomic mass is 16.4. The fourth-order valence-electron chi connectivity index (χ4n) is 4.15. The molecular weight excluding hydrogens is 646 g/mol. The van der Waals surface area contributed by atoms with E-state index in [1.54, 1.807) is 0 Å². The number of aliphatic imine (C=N–C) groups is 4. The van der Waals surface area contributed by atoms with Gasteiger partial charge in [-0.1, -0.05) is 0 Å². The van der Waals surface area contributed by atoms with Gasteiger partial charge in [0.05, 0.1) is 6.54 Å². The summed E-state index contributed by atoms with van der Waals surface area (Å²) in [4.78, 5) is 79.7. The van der Waals surface area contributed by atoms with E-state index in [-0.39, 0.29) is 101 Å². The second-order valence-corrected chi connectivity index (χ2v) is 10.6. The Kier molecular flexibility index (Phi) is 21.7. The number of carbonyl (C=O) groups is 5. The summed E-state index contributed by atoms with van der Waals surface area (Å²) in [6.07, 6.45) is 1.02. The summed E-state index contributed by atoms with van der Waals surface area (Å²) in [5, 5.41) is 19.8. The molecule has 23 heteroatoms. The SMILES string of the molecule is NCC(=O)N[C@@H](CCCN=C(N)N)C(=O)N[C@@H](CCCN=C(N)N)C(=O)N[C@@H](CCCN=C(N)N)C(=O)N[C@@H](CCCN=C(N)N)C(=O)O. The van der Waals surface area contributed by atoms with Crippen molar-refractivity contribution >= 4 is 53.4 Å². The summed E-state index contributed by atoms with van der Waals surface area (Å²) >= 11 is 0. The number of aliphatic carboxylic acids is 1. The summed E-state index contributed by atoms with van der Waals surface area (Å²) in [5.41, 5.74) is 48.2. The molecule has 0 bridgehead atoms. The molecule has 49 heavy (non-hydrogen) atoms. The van der Waals surface area contributed by atoms with Gasteiger partial charge in [-0.15, -0.1) is 0 Å². The lowest BCUT2D eigenvalue weighted by atomic mass is 10.0. The van der Waals surface area contributed by atoms with E-state index in [4.69, 9.17) is 51.6 Å². The summed E-state index contributed by atoms with van der Waals surface area (Å²) in [6.45, 7) is 0.0981. The third kappa shape index (κ3) is 21.7. The average molecular weight is 700 g/mol. The van der Waals surface area contributed by atoms with Crippen LogP contribution in [0.1, 0.15) is 51.4 Å². The van der Waals surface area contributed by atoms with Crippen molar-refractivity contribution in [2.75, 3.05) is 32.7 Å². The highest BCUT2D eigenvalue weighted by Gasteiger charge is 2.31. The van der Waals surface area contributed by atoms with Crippen molar-refractivity contribution in [1.82, 2.24) is 21.3 Å². The monoisotopic (exact) mass is 699 g/mol. The van der Waals surface area contributed by atoms with E-state index in [1.165, 1.54) is 0 Å². The lowest BCUT2D eigenvalue weighted by Gasteiger charge is -2.26. The molecule has 0 spiro atoms. The molecule has 0 fully saturated rings. The summed E-state index contributed by atoms with van der Waals surface area (Å²) < 4.78 is 0. The number of guanidine groups is 4. The molecule has 0 aliphatic rings. The van der Waals surface area contributed by atoms with Crippen molar-refractivity contribution < 1.29 is 29.1 Å². The van der Waals surface area contributed by atoms with Gasteiger partial charge in [-0.2, -0.15) is 0 Å². The van der Waals surface area contributed by atoms with Crippen LogP contribution in [0.2, 0.25) is 0 Å². The zero-order valence-corrected chi connectivity index (χ0v) is 27.5. The Hall–Kier alpha value is -5.61. The quantitative estimate of drug-likeness (QED) is 0.0239. The maximum Gasteiger partial charge on any atom is 0.326 e. The van der Waals surface area contributed by atoms with Crippen LogP contribution >= 0.6 is 0 Å². The van der Waals surface area contributed by atoms with E-state index in [1.807, 2.05) is 0 Å². The van der Waals surface area contributed by atoms with E-state index in [2.05, 4.69) is 41.2 Å². The first-order valence-electron chi connectivity index (χ1n) is 15.4. The molecule has 0 saturated heterocycles. The maximum atomic E-state index is 13.6. The molecule has 0 rings (SSSR count). The first-order valence-corrected chi connectivity index (χ1v) is 15.4. The molecule has 4 amide bonds. The van der Waals surface area contributed by atoms with Gasteiger partial charge in [-0.3, -0.25) is 39.1 Å². The summed E-state index contributed by atoms with van der Waals surface area (Å²) in [5.74, 6) is -4.96. The third-order valence-corrected chi connectivity index (χ3v) is 6.50. The van der Waals surface area contributed by atoms with Gasteiger partial charge in [0.25, 0.3) is 0 Å². The maximum absolute atomic E-state index is 13.6. The topological polar surface area (TPSA) is 437 Å². The van der Waals surface area contributed by atoms with Gasteiger partial charge >= 0.3 is 5.97 Å². The standard InChI is InChI=1S/C26H53N17O6/c27-13-18(44)40-14(5-1-9-36-23(28)29)19(45)41-15(6-2-10-37-24(30)31)20(46)42-16(7-3-11-38-25(32)33)21(47)43-17(22(48)49)8-4-12-39-26(34)35/h14-17H,1-13,27H2,(H,40,44)(H,41,45)(H,42,46)(H,43,47)(H,48,49)(H4,28,29,36)(H4,30,31,37)(H4,32,33,38)(H4,34,35,39)/t14-,15-,16-,17-/m0/s1. The Bertz CT molecular complexity index is 1190. The van der Waals surface area contributed by atoms with Crippen LogP contribution in [0.15, 0.2) is 20.0 Å². The van der Waals surface area contributed by atoms with E-state index in [0.29, 0.717) is 0 Å². The smallest absolute Gasteiger partial charge is 0.326 e. The molecule has 278 valence electrons. The highest BCUT2D eigenvalue weighted by molar-refractivity contribution is 5.95. The number of rotatable bonds is 25. The minimum Gasteiger partial charge on any atom is -0.480 e. The Morgan fingerprint density at radius 1 is 0.469 bits per heavy atom. The van der Waals surface area contributed by atoms with E-state index >= 15 is 0 Å². The minimum absolute atomic E-state index is 0.00475. The fourth-order valence-corrected chi connectivity index (χ4v) is 4.15. The van der Waals surface area contributed by atoms with Gasteiger partial charge in [-0.05, 0) is 51.4 Å². The van der Waals surface area contributed by atoms with Crippen molar-refractivity contribution in [3.05, 3.63) is 0 Å². The second-order valence-electron chi connectivity index (χ2n) is 10.6. The first-order chi connectivity index (χ1) is 23.1. The van der Waals surface area contributed by atoms with Crippen LogP contribution in [0.5, 0.6) is 0 Å². The number of carboxylic acid groups (broad SMARTS) is 1. The van der Waals surface area contributed by atoms with Crippen molar-refractivity contribution in [1.29, 1.82) is 0 Å². The first kappa shape index (κ1) is 43.4. The van der Waals surface area contributed by atoms with Crippen molar-refractivity contribution in [3.8, 4) is 0 Å². The van der Waals surface area contributed by atoms with Crippen LogP contribution in [0, 0.1) is 0 Å². The molecule has 23 nitrogen and oxygen atoms in total. The van der Waals surface area contributed by atoms with Crippen LogP contribution in [-0.4, -0.2) is 115 Å². The Morgan fingerprint density at radius 3 is 1.00 bits per heavy atom. The van der Waals surface area contributed by atoms with Gasteiger partial charge in [0.15, 0.2) is 23.8 Å². The van der Waals surface area contributed by atoms with Gasteiger partial charge in [0, 0.05) is 26.2 Å². The van der Waals surface area contributed by atoms with Crippen molar-refractivity contribution in [2.24, 2.45) is 71.6 Å². The van der Waals surface area contributed by atoms with Gasteiger partial charge < -0.3 is 78.0 Å². The highest BCUT2D eigenvalue weighted by Crippen LogP contribution is 2.07. The molecular formula is C26H53N17O6. The normalized spacial score (nSPS) is 12.8. The predicted octanol–water partition coefficient (Wildman–Crippen LogP) is -6.82. The fraction of sp³-hybridized carbons (Fsp3) is 0.654.